The first-order valence-electron chi connectivity index (χ1n) is 7.67. The van der Waals surface area contributed by atoms with E-state index in [1.165, 1.54) is 11.1 Å². The highest BCUT2D eigenvalue weighted by atomic mass is 15.3. The normalized spacial score (nSPS) is 16.0. The van der Waals surface area contributed by atoms with Gasteiger partial charge in [0.15, 0.2) is 5.82 Å². The number of piperazine rings is 1. The molecule has 1 aliphatic rings. The minimum atomic E-state index is 0.678. The van der Waals surface area contributed by atoms with Crippen molar-refractivity contribution in [2.24, 2.45) is 0 Å². The lowest BCUT2D eigenvalue weighted by atomic mass is 10.0. The SMILES string of the molecule is Cc1cc(C)cc(-c2ncnc(N3CCN(C)CC3)c2N)c1. The third kappa shape index (κ3) is 2.90. The van der Waals surface area contributed by atoms with E-state index in [1.54, 1.807) is 6.33 Å². The van der Waals surface area contributed by atoms with Crippen molar-refractivity contribution in [3.63, 3.8) is 0 Å². The topological polar surface area (TPSA) is 58.3 Å². The molecule has 1 saturated heterocycles. The van der Waals surface area contributed by atoms with Crippen LogP contribution in [0.25, 0.3) is 11.3 Å². The lowest BCUT2D eigenvalue weighted by Crippen LogP contribution is -2.45. The van der Waals surface area contributed by atoms with Crippen LogP contribution in [-0.2, 0) is 0 Å². The van der Waals surface area contributed by atoms with Crippen LogP contribution >= 0.6 is 0 Å². The summed E-state index contributed by atoms with van der Waals surface area (Å²) in [6.45, 7) is 8.14. The van der Waals surface area contributed by atoms with E-state index in [1.807, 2.05) is 0 Å². The fourth-order valence-corrected chi connectivity index (χ4v) is 3.00. The van der Waals surface area contributed by atoms with Crippen LogP contribution in [0.1, 0.15) is 11.1 Å². The standard InChI is InChI=1S/C17H23N5/c1-12-8-13(2)10-14(9-12)16-15(18)17(20-11-19-16)22-6-4-21(3)5-7-22/h8-11H,4-7,18H2,1-3H3. The van der Waals surface area contributed by atoms with E-state index in [-0.39, 0.29) is 0 Å². The zero-order valence-corrected chi connectivity index (χ0v) is 13.5. The molecule has 22 heavy (non-hydrogen) atoms. The van der Waals surface area contributed by atoms with Gasteiger partial charge in [0.05, 0.1) is 5.69 Å². The van der Waals surface area contributed by atoms with Gasteiger partial charge in [-0.25, -0.2) is 9.97 Å². The molecule has 3 rings (SSSR count). The van der Waals surface area contributed by atoms with Gasteiger partial charge in [-0.3, -0.25) is 0 Å². The molecule has 116 valence electrons. The van der Waals surface area contributed by atoms with Crippen LogP contribution in [0.2, 0.25) is 0 Å². The third-order valence-electron chi connectivity index (χ3n) is 4.16. The number of benzene rings is 1. The van der Waals surface area contributed by atoms with Gasteiger partial charge in [-0.1, -0.05) is 17.2 Å². The Bertz CT molecular complexity index is 654. The Morgan fingerprint density at radius 1 is 0.955 bits per heavy atom. The Labute approximate surface area is 131 Å². The average Bonchev–Trinajstić information content (AvgIpc) is 2.47. The third-order valence-corrected chi connectivity index (χ3v) is 4.16. The van der Waals surface area contributed by atoms with Gasteiger partial charge in [-0.05, 0) is 33.0 Å². The van der Waals surface area contributed by atoms with Crippen molar-refractivity contribution in [2.75, 3.05) is 43.9 Å². The van der Waals surface area contributed by atoms with Crippen LogP contribution < -0.4 is 10.6 Å². The second kappa shape index (κ2) is 5.93. The fourth-order valence-electron chi connectivity index (χ4n) is 3.00. The summed E-state index contributed by atoms with van der Waals surface area (Å²) in [5.74, 6) is 0.859. The molecular weight excluding hydrogens is 274 g/mol. The summed E-state index contributed by atoms with van der Waals surface area (Å²) < 4.78 is 0. The molecule has 1 aromatic carbocycles. The van der Waals surface area contributed by atoms with Gasteiger partial charge in [0.25, 0.3) is 0 Å². The van der Waals surface area contributed by atoms with Crippen molar-refractivity contribution in [2.45, 2.75) is 13.8 Å². The van der Waals surface area contributed by atoms with E-state index >= 15 is 0 Å². The van der Waals surface area contributed by atoms with Crippen molar-refractivity contribution in [3.8, 4) is 11.3 Å². The smallest absolute Gasteiger partial charge is 0.155 e. The molecule has 0 amide bonds. The second-order valence-corrected chi connectivity index (χ2v) is 6.13. The molecular formula is C17H23N5. The summed E-state index contributed by atoms with van der Waals surface area (Å²) in [4.78, 5) is 13.4. The second-order valence-electron chi connectivity index (χ2n) is 6.13. The van der Waals surface area contributed by atoms with Crippen LogP contribution in [0.5, 0.6) is 0 Å². The van der Waals surface area contributed by atoms with Gasteiger partial charge < -0.3 is 15.5 Å². The summed E-state index contributed by atoms with van der Waals surface area (Å²) in [5.41, 5.74) is 11.4. The highest BCUT2D eigenvalue weighted by Crippen LogP contribution is 2.31. The van der Waals surface area contributed by atoms with Crippen LogP contribution in [-0.4, -0.2) is 48.1 Å². The Kier molecular flexibility index (Phi) is 3.98. The lowest BCUT2D eigenvalue weighted by molar-refractivity contribution is 0.312. The molecule has 0 aliphatic carbocycles. The highest BCUT2D eigenvalue weighted by Gasteiger charge is 2.20. The molecule has 1 aliphatic heterocycles. The predicted octanol–water partition coefficient (Wildman–Crippen LogP) is 2.09. The maximum atomic E-state index is 6.40. The Morgan fingerprint density at radius 2 is 1.59 bits per heavy atom. The van der Waals surface area contributed by atoms with Gasteiger partial charge in [-0.15, -0.1) is 0 Å². The van der Waals surface area contributed by atoms with Gasteiger partial charge in [0.2, 0.25) is 0 Å². The minimum Gasteiger partial charge on any atom is -0.394 e. The van der Waals surface area contributed by atoms with Gasteiger partial charge in [0.1, 0.15) is 12.0 Å². The number of anilines is 2. The lowest BCUT2D eigenvalue weighted by Gasteiger charge is -2.33. The summed E-state index contributed by atoms with van der Waals surface area (Å²) >= 11 is 0. The number of hydrogen-bond acceptors (Lipinski definition) is 5. The van der Waals surface area contributed by atoms with Crippen molar-refractivity contribution in [3.05, 3.63) is 35.7 Å². The Morgan fingerprint density at radius 3 is 2.23 bits per heavy atom. The predicted molar refractivity (Wildman–Crippen MR) is 91.1 cm³/mol. The Balaban J connectivity index is 1.98. The van der Waals surface area contributed by atoms with Crippen LogP contribution in [0.3, 0.4) is 0 Å². The van der Waals surface area contributed by atoms with E-state index < -0.39 is 0 Å². The number of rotatable bonds is 2. The zero-order valence-electron chi connectivity index (χ0n) is 13.5. The zero-order chi connectivity index (χ0) is 15.7. The summed E-state index contributed by atoms with van der Waals surface area (Å²) in [7, 11) is 2.14. The van der Waals surface area contributed by atoms with Crippen LogP contribution in [0.15, 0.2) is 24.5 Å². The van der Waals surface area contributed by atoms with Gasteiger partial charge in [0, 0.05) is 31.7 Å². The molecule has 1 fully saturated rings. The monoisotopic (exact) mass is 297 g/mol. The van der Waals surface area contributed by atoms with Crippen molar-refractivity contribution < 1.29 is 0 Å². The van der Waals surface area contributed by atoms with E-state index in [0.717, 1.165) is 43.3 Å². The molecule has 5 nitrogen and oxygen atoms in total. The first-order chi connectivity index (χ1) is 10.5. The number of nitrogens with zero attached hydrogens (tertiary/aromatic N) is 4. The molecule has 0 spiro atoms. The van der Waals surface area contributed by atoms with E-state index in [9.17, 15) is 0 Å². The molecule has 2 N–H and O–H groups in total. The molecule has 0 atom stereocenters. The van der Waals surface area contributed by atoms with E-state index in [0.29, 0.717) is 5.69 Å². The van der Waals surface area contributed by atoms with Crippen molar-refractivity contribution >= 4 is 11.5 Å². The van der Waals surface area contributed by atoms with Gasteiger partial charge in [-0.2, -0.15) is 0 Å². The van der Waals surface area contributed by atoms with Crippen LogP contribution in [0.4, 0.5) is 11.5 Å². The number of nitrogen functional groups attached to an aromatic ring is 1. The first-order valence-corrected chi connectivity index (χ1v) is 7.67. The summed E-state index contributed by atoms with van der Waals surface area (Å²) in [5, 5.41) is 0. The van der Waals surface area contributed by atoms with Crippen LogP contribution in [0, 0.1) is 13.8 Å². The molecule has 0 radical (unpaired) electrons. The molecule has 1 aromatic heterocycles. The quantitative estimate of drug-likeness (QED) is 0.920. The summed E-state index contributed by atoms with van der Waals surface area (Å²) in [6.07, 6.45) is 1.62. The molecule has 0 saturated carbocycles. The fraction of sp³-hybridized carbons (Fsp3) is 0.412. The van der Waals surface area contributed by atoms with Crippen molar-refractivity contribution in [1.29, 1.82) is 0 Å². The number of aromatic nitrogens is 2. The number of likely N-dealkylation sites (N-methyl/N-ethyl adjacent to an activating group) is 1. The van der Waals surface area contributed by atoms with E-state index in [4.69, 9.17) is 5.73 Å². The maximum Gasteiger partial charge on any atom is 0.155 e. The number of nitrogens with two attached hydrogens (primary N) is 1. The summed E-state index contributed by atoms with van der Waals surface area (Å²) in [6, 6.07) is 6.40. The number of aryl methyl sites for hydroxylation is 2. The molecule has 0 bridgehead atoms. The molecule has 2 aromatic rings. The largest absolute Gasteiger partial charge is 0.394 e. The molecule has 5 heteroatoms. The number of hydrogen-bond donors (Lipinski definition) is 1. The van der Waals surface area contributed by atoms with E-state index in [2.05, 4.69) is 58.9 Å². The van der Waals surface area contributed by atoms with Crippen molar-refractivity contribution in [1.82, 2.24) is 14.9 Å². The molecule has 0 unspecified atom stereocenters. The highest BCUT2D eigenvalue weighted by molar-refractivity contribution is 5.81. The maximum absolute atomic E-state index is 6.40. The molecule has 2 heterocycles. The van der Waals surface area contributed by atoms with Gasteiger partial charge >= 0.3 is 0 Å². The Hall–Kier alpha value is -2.14. The minimum absolute atomic E-state index is 0.678. The average molecular weight is 297 g/mol. The first kappa shape index (κ1) is 14.8.